The smallest absolute Gasteiger partial charge is 0.338 e. The van der Waals surface area contributed by atoms with Crippen molar-refractivity contribution in [3.8, 4) is 22.6 Å². The SMILES string of the molecule is Cc1cc(C2(c3ccc(OCC(C)O)c(C)c3)c3ccccc3-c3ccccc32)ccc1OCC(C)O.O=C1C=CO1. The van der Waals surface area contributed by atoms with Crippen LogP contribution in [0.2, 0.25) is 0 Å². The van der Waals surface area contributed by atoms with E-state index in [2.05, 4.69) is 91.4 Å². The van der Waals surface area contributed by atoms with E-state index in [1.807, 2.05) is 12.1 Å². The minimum atomic E-state index is -0.531. The van der Waals surface area contributed by atoms with E-state index in [0.717, 1.165) is 33.8 Å². The van der Waals surface area contributed by atoms with Crippen molar-refractivity contribution in [1.82, 2.24) is 0 Å². The van der Waals surface area contributed by atoms with Crippen molar-refractivity contribution < 1.29 is 29.2 Å². The Balaban J connectivity index is 0.000000639. The number of cyclic esters (lactones) is 1. The average Bonchev–Trinajstić information content (AvgIpc) is 3.26. The van der Waals surface area contributed by atoms with E-state index < -0.39 is 17.6 Å². The summed E-state index contributed by atoms with van der Waals surface area (Å²) in [5, 5.41) is 19.4. The minimum Gasteiger partial charge on any atom is -0.491 e. The second kappa shape index (κ2) is 12.2. The van der Waals surface area contributed by atoms with Crippen molar-refractivity contribution in [2.75, 3.05) is 13.2 Å². The van der Waals surface area contributed by atoms with Gasteiger partial charge in [0.2, 0.25) is 0 Å². The second-order valence-corrected chi connectivity index (χ2v) is 10.9. The van der Waals surface area contributed by atoms with Gasteiger partial charge in [0.25, 0.3) is 0 Å². The third-order valence-electron chi connectivity index (χ3n) is 7.52. The van der Waals surface area contributed by atoms with E-state index in [-0.39, 0.29) is 19.2 Å². The van der Waals surface area contributed by atoms with Crippen molar-refractivity contribution in [3.63, 3.8) is 0 Å². The van der Waals surface area contributed by atoms with Crippen molar-refractivity contribution in [2.24, 2.45) is 0 Å². The molecule has 0 fully saturated rings. The number of rotatable bonds is 8. The lowest BCUT2D eigenvalue weighted by molar-refractivity contribution is -0.136. The first-order valence-electron chi connectivity index (χ1n) is 14.1. The Morgan fingerprint density at radius 1 is 0.714 bits per heavy atom. The molecular formula is C36H36O6. The highest BCUT2D eigenvalue weighted by Gasteiger charge is 2.46. The molecule has 0 bridgehead atoms. The number of aryl methyl sites for hydroxylation is 2. The van der Waals surface area contributed by atoms with Crippen LogP contribution in [0.4, 0.5) is 0 Å². The monoisotopic (exact) mass is 564 g/mol. The van der Waals surface area contributed by atoms with Crippen LogP contribution in [0.1, 0.15) is 47.2 Å². The molecule has 2 N–H and O–H groups in total. The van der Waals surface area contributed by atoms with Gasteiger partial charge in [-0.15, -0.1) is 0 Å². The number of hydrogen-bond donors (Lipinski definition) is 2. The molecule has 1 heterocycles. The van der Waals surface area contributed by atoms with Crippen LogP contribution < -0.4 is 9.47 Å². The highest BCUT2D eigenvalue weighted by molar-refractivity contribution is 5.87. The molecule has 6 nitrogen and oxygen atoms in total. The summed E-state index contributed by atoms with van der Waals surface area (Å²) < 4.78 is 15.9. The predicted octanol–water partition coefficient (Wildman–Crippen LogP) is 6.24. The molecule has 6 heteroatoms. The molecule has 0 saturated carbocycles. The standard InChI is InChI=1S/C33H34O4.C3H2O2/c1-21-17-25(13-15-31(21)36-19-23(3)34)33(26-14-16-32(22(2)18-26)37-20-24(4)35)29-11-7-5-9-27(29)28-10-6-8-12-30(28)33;4-3-1-2-5-3/h5-18,23-24,34-35H,19-20H2,1-4H3;1-2H. The molecule has 0 aromatic heterocycles. The Morgan fingerprint density at radius 2 is 1.12 bits per heavy atom. The molecule has 0 amide bonds. The fourth-order valence-electron chi connectivity index (χ4n) is 5.66. The van der Waals surface area contributed by atoms with E-state index in [9.17, 15) is 15.0 Å². The number of carbonyl (C=O) groups is 1. The van der Waals surface area contributed by atoms with E-state index in [1.54, 1.807) is 13.8 Å². The first kappa shape index (κ1) is 29.1. The van der Waals surface area contributed by atoms with Gasteiger partial charge in [0.1, 0.15) is 31.0 Å². The van der Waals surface area contributed by atoms with Gasteiger partial charge in [0.05, 0.1) is 23.7 Å². The van der Waals surface area contributed by atoms with Crippen LogP contribution in [0.25, 0.3) is 11.1 Å². The number of fused-ring (bicyclic) bond motifs is 3. The topological polar surface area (TPSA) is 85.2 Å². The maximum Gasteiger partial charge on any atom is 0.338 e. The summed E-state index contributed by atoms with van der Waals surface area (Å²) in [5.41, 5.74) is 8.78. The summed E-state index contributed by atoms with van der Waals surface area (Å²) in [7, 11) is 0. The fourth-order valence-corrected chi connectivity index (χ4v) is 5.66. The molecular weight excluding hydrogens is 528 g/mol. The number of carbonyl (C=O) groups excluding carboxylic acids is 1. The molecule has 2 atom stereocenters. The summed E-state index contributed by atoms with van der Waals surface area (Å²) in [6.45, 7) is 8.07. The molecule has 4 aromatic carbocycles. The Labute approximate surface area is 246 Å². The molecule has 0 saturated heterocycles. The minimum absolute atomic E-state index is 0.245. The maximum atomic E-state index is 9.71. The fraction of sp³-hybridized carbons (Fsp3) is 0.250. The summed E-state index contributed by atoms with van der Waals surface area (Å²) in [4.78, 5) is 9.59. The van der Waals surface area contributed by atoms with Crippen molar-refractivity contribution >= 4 is 5.97 Å². The van der Waals surface area contributed by atoms with Gasteiger partial charge in [-0.2, -0.15) is 0 Å². The molecule has 42 heavy (non-hydrogen) atoms. The van der Waals surface area contributed by atoms with Crippen LogP contribution in [0.15, 0.2) is 97.3 Å². The number of ether oxygens (including phenoxy) is 3. The Morgan fingerprint density at radius 3 is 1.45 bits per heavy atom. The summed E-state index contributed by atoms with van der Waals surface area (Å²) in [5.74, 6) is 1.31. The average molecular weight is 565 g/mol. The quantitative estimate of drug-likeness (QED) is 0.217. The Hall–Kier alpha value is -4.39. The van der Waals surface area contributed by atoms with Gasteiger partial charge in [-0.25, -0.2) is 4.79 Å². The van der Waals surface area contributed by atoms with E-state index in [0.29, 0.717) is 0 Å². The van der Waals surface area contributed by atoms with Gasteiger partial charge < -0.3 is 24.4 Å². The van der Waals surface area contributed by atoms with Crippen LogP contribution in [0.3, 0.4) is 0 Å². The number of hydrogen-bond acceptors (Lipinski definition) is 6. The Bertz CT molecular complexity index is 1510. The number of aliphatic hydroxyl groups is 2. The zero-order chi connectivity index (χ0) is 29.9. The third kappa shape index (κ3) is 5.56. The predicted molar refractivity (Wildman–Crippen MR) is 163 cm³/mol. The van der Waals surface area contributed by atoms with Crippen LogP contribution >= 0.6 is 0 Å². The molecule has 216 valence electrons. The molecule has 0 radical (unpaired) electrons. The normalized spacial score (nSPS) is 15.2. The van der Waals surface area contributed by atoms with Crippen molar-refractivity contribution in [2.45, 2.75) is 45.3 Å². The lowest BCUT2D eigenvalue weighted by Gasteiger charge is -2.34. The molecule has 1 aliphatic heterocycles. The van der Waals surface area contributed by atoms with E-state index >= 15 is 0 Å². The lowest BCUT2D eigenvalue weighted by Crippen LogP contribution is -2.29. The highest BCUT2D eigenvalue weighted by atomic mass is 16.5. The first-order valence-corrected chi connectivity index (χ1v) is 14.1. The van der Waals surface area contributed by atoms with Crippen LogP contribution in [-0.2, 0) is 14.9 Å². The van der Waals surface area contributed by atoms with Crippen LogP contribution in [0.5, 0.6) is 11.5 Å². The first-order chi connectivity index (χ1) is 20.2. The van der Waals surface area contributed by atoms with Gasteiger partial charge in [-0.3, -0.25) is 0 Å². The highest BCUT2D eigenvalue weighted by Crippen LogP contribution is 2.56. The number of esters is 1. The summed E-state index contributed by atoms with van der Waals surface area (Å²) in [6.07, 6.45) is 1.65. The Kier molecular flexibility index (Phi) is 8.48. The van der Waals surface area contributed by atoms with Crippen molar-refractivity contribution in [1.29, 1.82) is 0 Å². The molecule has 1 aliphatic carbocycles. The largest absolute Gasteiger partial charge is 0.491 e. The van der Waals surface area contributed by atoms with E-state index in [1.165, 1.54) is 34.6 Å². The zero-order valence-corrected chi connectivity index (χ0v) is 24.3. The van der Waals surface area contributed by atoms with Gasteiger partial charge in [-0.1, -0.05) is 72.8 Å². The van der Waals surface area contributed by atoms with Gasteiger partial charge in [-0.05, 0) is 84.3 Å². The second-order valence-electron chi connectivity index (χ2n) is 10.9. The maximum absolute atomic E-state index is 9.71. The molecule has 2 aliphatic rings. The molecule has 2 unspecified atom stereocenters. The van der Waals surface area contributed by atoms with Gasteiger partial charge in [0, 0.05) is 0 Å². The zero-order valence-electron chi connectivity index (χ0n) is 24.3. The summed E-state index contributed by atoms with van der Waals surface area (Å²) >= 11 is 0. The third-order valence-corrected chi connectivity index (χ3v) is 7.52. The number of aliphatic hydroxyl groups excluding tert-OH is 2. The number of benzene rings is 4. The van der Waals surface area contributed by atoms with Crippen LogP contribution in [-0.4, -0.2) is 41.6 Å². The summed E-state index contributed by atoms with van der Waals surface area (Å²) in [6, 6.07) is 30.1. The lowest BCUT2D eigenvalue weighted by atomic mass is 9.67. The van der Waals surface area contributed by atoms with Gasteiger partial charge in [0.15, 0.2) is 0 Å². The van der Waals surface area contributed by atoms with Gasteiger partial charge >= 0.3 is 5.97 Å². The van der Waals surface area contributed by atoms with Crippen LogP contribution in [0, 0.1) is 13.8 Å². The molecule has 4 aromatic rings. The van der Waals surface area contributed by atoms with E-state index in [4.69, 9.17) is 9.47 Å². The van der Waals surface area contributed by atoms with Crippen molar-refractivity contribution in [3.05, 3.63) is 131 Å². The molecule has 6 rings (SSSR count). The molecule has 0 spiro atoms.